The first kappa shape index (κ1) is 16.5. The molecule has 0 saturated carbocycles. The maximum Gasteiger partial charge on any atom is 0.240 e. The number of benzene rings is 1. The molecule has 2 N–H and O–H groups in total. The summed E-state index contributed by atoms with van der Waals surface area (Å²) in [6.45, 7) is 1.76. The summed E-state index contributed by atoms with van der Waals surface area (Å²) in [5.74, 6) is 0.320. The molecule has 7 heteroatoms. The fourth-order valence-electron chi connectivity index (χ4n) is 2.09. The van der Waals surface area contributed by atoms with Crippen LogP contribution in [0.25, 0.3) is 0 Å². The molecule has 0 bridgehead atoms. The van der Waals surface area contributed by atoms with Crippen molar-refractivity contribution >= 4 is 15.7 Å². The molecular weight excluding hydrogens is 304 g/mol. The maximum atomic E-state index is 12.3. The fourth-order valence-corrected chi connectivity index (χ4v) is 3.15. The highest BCUT2D eigenvalue weighted by molar-refractivity contribution is 7.89. The smallest absolute Gasteiger partial charge is 0.240 e. The summed E-state index contributed by atoms with van der Waals surface area (Å²) in [6, 6.07) is 8.14. The van der Waals surface area contributed by atoms with Crippen LogP contribution in [-0.4, -0.2) is 34.2 Å². The molecule has 1 unspecified atom stereocenters. The third-order valence-corrected chi connectivity index (χ3v) is 4.73. The molecule has 2 rings (SSSR count). The quantitative estimate of drug-likeness (QED) is 0.844. The number of hydrogen-bond donors (Lipinski definition) is 2. The summed E-state index contributed by atoms with van der Waals surface area (Å²) in [4.78, 5) is 2.01. The molecule has 22 heavy (non-hydrogen) atoms. The Morgan fingerprint density at radius 3 is 2.64 bits per heavy atom. The van der Waals surface area contributed by atoms with Crippen molar-refractivity contribution in [3.63, 3.8) is 0 Å². The molecule has 0 amide bonds. The number of rotatable bonds is 6. The Morgan fingerprint density at radius 1 is 1.32 bits per heavy atom. The van der Waals surface area contributed by atoms with Gasteiger partial charge in [-0.15, -0.1) is 0 Å². The van der Waals surface area contributed by atoms with Crippen LogP contribution in [0.1, 0.15) is 17.4 Å². The summed E-state index contributed by atoms with van der Waals surface area (Å²) in [7, 11) is 0.0105. The van der Waals surface area contributed by atoms with Crippen molar-refractivity contribution in [2.75, 3.05) is 25.5 Å². The van der Waals surface area contributed by atoms with E-state index in [0.29, 0.717) is 5.76 Å². The molecule has 1 atom stereocenters. The van der Waals surface area contributed by atoms with Crippen LogP contribution in [0.15, 0.2) is 45.9 Å². The van der Waals surface area contributed by atoms with Crippen LogP contribution in [0.3, 0.4) is 0 Å². The molecule has 1 aromatic heterocycles. The van der Waals surface area contributed by atoms with Gasteiger partial charge in [-0.1, -0.05) is 6.07 Å². The van der Waals surface area contributed by atoms with Gasteiger partial charge in [-0.25, -0.2) is 13.1 Å². The largest absolute Gasteiger partial charge is 0.467 e. The molecule has 6 nitrogen and oxygen atoms in total. The van der Waals surface area contributed by atoms with Gasteiger partial charge in [0, 0.05) is 26.3 Å². The molecule has 2 aromatic rings. The lowest BCUT2D eigenvalue weighted by Gasteiger charge is -2.17. The van der Waals surface area contributed by atoms with Crippen LogP contribution < -0.4 is 9.62 Å². The Bertz CT molecular complexity index is 724. The van der Waals surface area contributed by atoms with E-state index in [1.807, 2.05) is 25.9 Å². The van der Waals surface area contributed by atoms with Gasteiger partial charge in [0.05, 0.1) is 11.2 Å². The number of anilines is 1. The minimum atomic E-state index is -3.70. The molecule has 0 spiro atoms. The Balaban J connectivity index is 2.15. The number of nitrogens with zero attached hydrogens (tertiary/aromatic N) is 1. The molecule has 1 heterocycles. The topological polar surface area (TPSA) is 82.8 Å². The van der Waals surface area contributed by atoms with Crippen LogP contribution in [-0.2, 0) is 10.0 Å². The predicted molar refractivity (Wildman–Crippen MR) is 84.4 cm³/mol. The lowest BCUT2D eigenvalue weighted by Crippen LogP contribution is -2.28. The fraction of sp³-hybridized carbons (Fsp3) is 0.333. The first-order valence-corrected chi connectivity index (χ1v) is 8.28. The minimum Gasteiger partial charge on any atom is -0.467 e. The maximum absolute atomic E-state index is 12.3. The third-order valence-electron chi connectivity index (χ3n) is 3.31. The van der Waals surface area contributed by atoms with E-state index in [0.717, 1.165) is 11.3 Å². The highest BCUT2D eigenvalue weighted by atomic mass is 32.2. The summed E-state index contributed by atoms with van der Waals surface area (Å²) < 4.78 is 32.1. The SMILES string of the molecule is Cc1ccc(S(=O)(=O)NCC(O)c2ccco2)cc1N(C)C. The van der Waals surface area contributed by atoms with Crippen molar-refractivity contribution in [2.24, 2.45) is 0 Å². The van der Waals surface area contributed by atoms with Crippen LogP contribution in [0.2, 0.25) is 0 Å². The van der Waals surface area contributed by atoms with E-state index < -0.39 is 16.1 Å². The van der Waals surface area contributed by atoms with Crippen molar-refractivity contribution in [1.29, 1.82) is 0 Å². The molecule has 120 valence electrons. The minimum absolute atomic E-state index is 0.152. The second-order valence-electron chi connectivity index (χ2n) is 5.23. The summed E-state index contributed by atoms with van der Waals surface area (Å²) >= 11 is 0. The molecule has 0 aliphatic heterocycles. The number of aliphatic hydroxyl groups is 1. The van der Waals surface area contributed by atoms with Crippen molar-refractivity contribution < 1.29 is 17.9 Å². The highest BCUT2D eigenvalue weighted by Gasteiger charge is 2.19. The van der Waals surface area contributed by atoms with Crippen molar-refractivity contribution in [3.8, 4) is 0 Å². The van der Waals surface area contributed by atoms with E-state index >= 15 is 0 Å². The third kappa shape index (κ3) is 3.68. The molecule has 0 radical (unpaired) electrons. The van der Waals surface area contributed by atoms with Crippen LogP contribution in [0.4, 0.5) is 5.69 Å². The van der Waals surface area contributed by atoms with E-state index in [9.17, 15) is 13.5 Å². The molecule has 0 aliphatic carbocycles. The van der Waals surface area contributed by atoms with Gasteiger partial charge in [-0.3, -0.25) is 0 Å². The molecule has 0 saturated heterocycles. The summed E-state index contributed by atoms with van der Waals surface area (Å²) in [5.41, 5.74) is 1.81. The Kier molecular flexibility index (Phi) is 4.90. The normalized spacial score (nSPS) is 13.1. The number of hydrogen-bond acceptors (Lipinski definition) is 5. The van der Waals surface area contributed by atoms with E-state index in [1.165, 1.54) is 6.26 Å². The number of sulfonamides is 1. The lowest BCUT2D eigenvalue weighted by atomic mass is 10.2. The lowest BCUT2D eigenvalue weighted by molar-refractivity contribution is 0.154. The van der Waals surface area contributed by atoms with Gasteiger partial charge in [-0.05, 0) is 36.8 Å². The van der Waals surface area contributed by atoms with E-state index in [2.05, 4.69) is 4.72 Å². The molecule has 1 aromatic carbocycles. The van der Waals surface area contributed by atoms with E-state index in [1.54, 1.807) is 30.3 Å². The monoisotopic (exact) mass is 324 g/mol. The number of aryl methyl sites for hydroxylation is 1. The second kappa shape index (κ2) is 6.51. The van der Waals surface area contributed by atoms with Gasteiger partial charge in [0.25, 0.3) is 0 Å². The molecular formula is C15H20N2O4S. The Morgan fingerprint density at radius 2 is 2.05 bits per heavy atom. The van der Waals surface area contributed by atoms with Gasteiger partial charge in [0.1, 0.15) is 11.9 Å². The van der Waals surface area contributed by atoms with Crippen molar-refractivity contribution in [1.82, 2.24) is 4.72 Å². The average molecular weight is 324 g/mol. The number of furan rings is 1. The van der Waals surface area contributed by atoms with Gasteiger partial charge in [-0.2, -0.15) is 0 Å². The van der Waals surface area contributed by atoms with Crippen molar-refractivity contribution in [3.05, 3.63) is 47.9 Å². The van der Waals surface area contributed by atoms with Gasteiger partial charge >= 0.3 is 0 Å². The zero-order valence-corrected chi connectivity index (χ0v) is 13.6. The summed E-state index contributed by atoms with van der Waals surface area (Å²) in [5, 5.41) is 9.88. The first-order valence-electron chi connectivity index (χ1n) is 6.80. The average Bonchev–Trinajstić information content (AvgIpc) is 2.99. The standard InChI is InChI=1S/C15H20N2O4S/c1-11-6-7-12(9-13(11)17(2)3)22(19,20)16-10-14(18)15-5-4-8-21-15/h4-9,14,16,18H,10H2,1-3H3. The first-order chi connectivity index (χ1) is 10.3. The number of aliphatic hydroxyl groups excluding tert-OH is 1. The van der Waals surface area contributed by atoms with Crippen molar-refractivity contribution in [2.45, 2.75) is 17.9 Å². The Hall–Kier alpha value is -1.83. The highest BCUT2D eigenvalue weighted by Crippen LogP contribution is 2.22. The van der Waals surface area contributed by atoms with Gasteiger partial charge in [0.15, 0.2) is 0 Å². The van der Waals surface area contributed by atoms with E-state index in [-0.39, 0.29) is 11.4 Å². The van der Waals surface area contributed by atoms with Gasteiger partial charge < -0.3 is 14.4 Å². The molecule has 0 fully saturated rings. The second-order valence-corrected chi connectivity index (χ2v) is 6.99. The Labute approximate surface area is 130 Å². The zero-order chi connectivity index (χ0) is 16.3. The van der Waals surface area contributed by atoms with E-state index in [4.69, 9.17) is 4.42 Å². The van der Waals surface area contributed by atoms with Crippen LogP contribution in [0, 0.1) is 6.92 Å². The summed E-state index contributed by atoms with van der Waals surface area (Å²) in [6.07, 6.45) is 0.402. The molecule has 0 aliphatic rings. The van der Waals surface area contributed by atoms with Crippen LogP contribution >= 0.6 is 0 Å². The predicted octanol–water partition coefficient (Wildman–Crippen LogP) is 1.67. The van der Waals surface area contributed by atoms with Gasteiger partial charge in [0.2, 0.25) is 10.0 Å². The zero-order valence-electron chi connectivity index (χ0n) is 12.8. The number of nitrogens with one attached hydrogen (secondary N) is 1. The van der Waals surface area contributed by atoms with Crippen LogP contribution in [0.5, 0.6) is 0 Å².